The van der Waals surface area contributed by atoms with Crippen molar-refractivity contribution in [1.29, 1.82) is 0 Å². The highest BCUT2D eigenvalue weighted by Gasteiger charge is 2.52. The zero-order valence-corrected chi connectivity index (χ0v) is 9.50. The van der Waals surface area contributed by atoms with E-state index in [-0.39, 0.29) is 16.1 Å². The number of carboxylic acid groups (broad SMARTS) is 1. The number of rotatable bonds is 0. The van der Waals surface area contributed by atoms with Gasteiger partial charge >= 0.3 is 6.09 Å². The van der Waals surface area contributed by atoms with Crippen molar-refractivity contribution < 1.29 is 14.4 Å². The molecule has 0 radical (unpaired) electrons. The molecule has 1 aliphatic rings. The van der Waals surface area contributed by atoms with Gasteiger partial charge in [0.25, 0.3) is 0 Å². The van der Waals surface area contributed by atoms with E-state index in [4.69, 9.17) is 0 Å². The number of hydrogen-bond acceptors (Lipinski definition) is 2. The number of nitrogens with zero attached hydrogens (tertiary/aromatic N) is 1. The molecule has 1 heterocycles. The summed E-state index contributed by atoms with van der Waals surface area (Å²) in [5.74, 6) is 0. The summed E-state index contributed by atoms with van der Waals surface area (Å²) in [7, 11) is 0. The standard InChI is InChI=1S/C10H20N2O2/c1-8-7-11-5-6-12(8,9(13)14)10(2,3)4/h8,11H,5-7H2,1-4H3/p+1/t8-,12?/m1/s1. The Hall–Kier alpha value is -0.610. The van der Waals surface area contributed by atoms with E-state index < -0.39 is 6.09 Å². The molecule has 4 heteroatoms. The SMILES string of the molecule is C[C@@H]1CNCC[N+]1(C(=O)O)C(C)(C)C. The summed E-state index contributed by atoms with van der Waals surface area (Å²) < 4.78 is 0.167. The smallest absolute Gasteiger partial charge is 0.435 e. The van der Waals surface area contributed by atoms with E-state index in [2.05, 4.69) is 5.32 Å². The first-order valence-corrected chi connectivity index (χ1v) is 5.14. The van der Waals surface area contributed by atoms with Gasteiger partial charge in [0, 0.05) is 13.1 Å². The summed E-state index contributed by atoms with van der Waals surface area (Å²) in [5.41, 5.74) is -0.243. The van der Waals surface area contributed by atoms with E-state index in [1.807, 2.05) is 27.7 Å². The molecule has 0 bridgehead atoms. The van der Waals surface area contributed by atoms with Gasteiger partial charge in [0.2, 0.25) is 0 Å². The van der Waals surface area contributed by atoms with E-state index >= 15 is 0 Å². The molecule has 0 aromatic rings. The largest absolute Gasteiger partial charge is 0.514 e. The maximum Gasteiger partial charge on any atom is 0.514 e. The molecule has 1 fully saturated rings. The van der Waals surface area contributed by atoms with Crippen LogP contribution < -0.4 is 5.32 Å². The Kier molecular flexibility index (Phi) is 2.88. The Balaban J connectivity index is 3.08. The van der Waals surface area contributed by atoms with Gasteiger partial charge in [0.15, 0.2) is 0 Å². The normalized spacial score (nSPS) is 34.1. The minimum absolute atomic E-state index is 0.126. The molecule has 0 spiro atoms. The minimum atomic E-state index is -0.702. The van der Waals surface area contributed by atoms with Gasteiger partial charge < -0.3 is 10.4 Å². The third-order valence-corrected chi connectivity index (χ3v) is 3.37. The Morgan fingerprint density at radius 1 is 1.50 bits per heavy atom. The van der Waals surface area contributed by atoms with Crippen molar-refractivity contribution in [2.75, 3.05) is 19.6 Å². The van der Waals surface area contributed by atoms with Gasteiger partial charge in [-0.05, 0) is 27.7 Å². The van der Waals surface area contributed by atoms with Crippen molar-refractivity contribution in [1.82, 2.24) is 5.32 Å². The highest BCUT2D eigenvalue weighted by atomic mass is 16.4. The quantitative estimate of drug-likeness (QED) is 0.580. The van der Waals surface area contributed by atoms with E-state index in [0.717, 1.165) is 13.1 Å². The number of amides is 1. The van der Waals surface area contributed by atoms with Crippen LogP contribution in [-0.2, 0) is 0 Å². The summed E-state index contributed by atoms with van der Waals surface area (Å²) in [4.78, 5) is 11.5. The van der Waals surface area contributed by atoms with Gasteiger partial charge in [0.05, 0.1) is 0 Å². The molecular formula is C10H21N2O2+. The van der Waals surface area contributed by atoms with Crippen molar-refractivity contribution >= 4 is 6.09 Å². The fraction of sp³-hybridized carbons (Fsp3) is 0.900. The number of carbonyl (C=O) groups is 1. The van der Waals surface area contributed by atoms with Crippen LogP contribution >= 0.6 is 0 Å². The Labute approximate surface area is 85.5 Å². The van der Waals surface area contributed by atoms with E-state index in [9.17, 15) is 9.90 Å². The van der Waals surface area contributed by atoms with Crippen molar-refractivity contribution in [2.24, 2.45) is 0 Å². The van der Waals surface area contributed by atoms with Crippen LogP contribution in [0.2, 0.25) is 0 Å². The van der Waals surface area contributed by atoms with Crippen LogP contribution in [0.4, 0.5) is 4.79 Å². The zero-order valence-electron chi connectivity index (χ0n) is 9.50. The number of piperazine rings is 1. The second kappa shape index (κ2) is 3.51. The van der Waals surface area contributed by atoms with Crippen LogP contribution in [0.5, 0.6) is 0 Å². The molecule has 0 aliphatic carbocycles. The molecule has 82 valence electrons. The van der Waals surface area contributed by atoms with Crippen molar-refractivity contribution in [3.8, 4) is 0 Å². The molecule has 0 saturated carbocycles. The molecule has 4 nitrogen and oxygen atoms in total. The van der Waals surface area contributed by atoms with Crippen LogP contribution in [-0.4, -0.2) is 46.9 Å². The first kappa shape index (κ1) is 11.5. The second-order valence-corrected chi connectivity index (χ2v) is 5.10. The minimum Gasteiger partial charge on any atom is -0.435 e. The lowest BCUT2D eigenvalue weighted by Crippen LogP contribution is -2.73. The fourth-order valence-electron chi connectivity index (χ4n) is 2.51. The summed E-state index contributed by atoms with van der Waals surface area (Å²) in [5, 5.41) is 12.7. The van der Waals surface area contributed by atoms with Crippen LogP contribution in [0, 0.1) is 0 Å². The van der Waals surface area contributed by atoms with Crippen LogP contribution in [0.25, 0.3) is 0 Å². The molecule has 2 N–H and O–H groups in total. The summed E-state index contributed by atoms with van der Waals surface area (Å²) in [6.45, 7) is 10.2. The second-order valence-electron chi connectivity index (χ2n) is 5.10. The molecule has 1 unspecified atom stereocenters. The van der Waals surface area contributed by atoms with Crippen molar-refractivity contribution in [2.45, 2.75) is 39.3 Å². The molecule has 14 heavy (non-hydrogen) atoms. The fourth-order valence-corrected chi connectivity index (χ4v) is 2.51. The van der Waals surface area contributed by atoms with E-state index in [1.54, 1.807) is 0 Å². The number of hydrogen-bond donors (Lipinski definition) is 2. The summed E-state index contributed by atoms with van der Waals surface area (Å²) in [6, 6.07) is 0.126. The zero-order chi connectivity index (χ0) is 11.0. The lowest BCUT2D eigenvalue weighted by molar-refractivity contribution is -0.926. The average molecular weight is 201 g/mol. The third kappa shape index (κ3) is 1.53. The van der Waals surface area contributed by atoms with Gasteiger partial charge in [-0.3, -0.25) is 0 Å². The van der Waals surface area contributed by atoms with Gasteiger partial charge in [-0.2, -0.15) is 4.79 Å². The Morgan fingerprint density at radius 3 is 2.36 bits per heavy atom. The highest BCUT2D eigenvalue weighted by molar-refractivity contribution is 5.57. The summed E-state index contributed by atoms with van der Waals surface area (Å²) in [6.07, 6.45) is -0.702. The lowest BCUT2D eigenvalue weighted by Gasteiger charge is -2.49. The molecule has 1 saturated heterocycles. The van der Waals surface area contributed by atoms with Gasteiger partial charge in [0.1, 0.15) is 18.1 Å². The van der Waals surface area contributed by atoms with Gasteiger partial charge in [-0.15, -0.1) is 0 Å². The highest BCUT2D eigenvalue weighted by Crippen LogP contribution is 2.30. The first-order valence-electron chi connectivity index (χ1n) is 5.14. The summed E-state index contributed by atoms with van der Waals surface area (Å²) >= 11 is 0. The van der Waals surface area contributed by atoms with E-state index in [0.29, 0.717) is 6.54 Å². The monoisotopic (exact) mass is 201 g/mol. The van der Waals surface area contributed by atoms with Crippen LogP contribution in [0.1, 0.15) is 27.7 Å². The molecule has 0 aromatic carbocycles. The number of nitrogens with one attached hydrogen (secondary N) is 1. The topological polar surface area (TPSA) is 49.3 Å². The van der Waals surface area contributed by atoms with Gasteiger partial charge in [-0.25, -0.2) is 4.48 Å². The number of quaternary nitrogens is 1. The average Bonchev–Trinajstić information content (AvgIpc) is 2.02. The molecule has 0 aromatic heterocycles. The van der Waals surface area contributed by atoms with E-state index in [1.165, 1.54) is 0 Å². The lowest BCUT2D eigenvalue weighted by atomic mass is 9.96. The predicted molar refractivity (Wildman–Crippen MR) is 55.2 cm³/mol. The molecule has 1 amide bonds. The maximum atomic E-state index is 11.5. The van der Waals surface area contributed by atoms with Crippen molar-refractivity contribution in [3.63, 3.8) is 0 Å². The third-order valence-electron chi connectivity index (χ3n) is 3.37. The molecular weight excluding hydrogens is 180 g/mol. The van der Waals surface area contributed by atoms with Crippen molar-refractivity contribution in [3.05, 3.63) is 0 Å². The predicted octanol–water partition coefficient (Wildman–Crippen LogP) is 1.27. The van der Waals surface area contributed by atoms with Crippen LogP contribution in [0.3, 0.4) is 0 Å². The Bertz CT molecular complexity index is 235. The Morgan fingerprint density at radius 2 is 2.07 bits per heavy atom. The molecule has 1 rings (SSSR count). The molecule has 2 atom stereocenters. The maximum absolute atomic E-state index is 11.5. The van der Waals surface area contributed by atoms with Gasteiger partial charge in [-0.1, -0.05) is 0 Å². The van der Waals surface area contributed by atoms with Crippen LogP contribution in [0.15, 0.2) is 0 Å². The first-order chi connectivity index (χ1) is 6.32. The molecule has 1 aliphatic heterocycles.